The molecule has 0 aliphatic heterocycles. The second-order valence-corrected chi connectivity index (χ2v) is 5.34. The summed E-state index contributed by atoms with van der Waals surface area (Å²) in [7, 11) is 4.78. The van der Waals surface area contributed by atoms with Crippen molar-refractivity contribution in [1.29, 1.82) is 0 Å². The molecular weight excluding hydrogens is 296 g/mol. The van der Waals surface area contributed by atoms with Gasteiger partial charge in [0, 0.05) is 39.5 Å². The van der Waals surface area contributed by atoms with Gasteiger partial charge in [-0.25, -0.2) is 4.68 Å². The number of benzene rings is 1. The molecule has 0 spiro atoms. The first-order valence-electron chi connectivity index (χ1n) is 7.33. The van der Waals surface area contributed by atoms with E-state index in [0.717, 1.165) is 0 Å². The Balaban J connectivity index is 2.21. The van der Waals surface area contributed by atoms with E-state index in [1.165, 1.54) is 9.58 Å². The van der Waals surface area contributed by atoms with Crippen LogP contribution in [0.25, 0.3) is 10.8 Å². The summed E-state index contributed by atoms with van der Waals surface area (Å²) in [5.74, 6) is -0.263. The Kier molecular flexibility index (Phi) is 5.10. The molecule has 2 aromatic rings. The molecule has 0 aliphatic rings. The minimum absolute atomic E-state index is 0.0822. The van der Waals surface area contributed by atoms with Crippen molar-refractivity contribution in [3.63, 3.8) is 0 Å². The summed E-state index contributed by atoms with van der Waals surface area (Å²) in [5, 5.41) is 7.96. The van der Waals surface area contributed by atoms with E-state index in [9.17, 15) is 14.4 Å². The molecule has 1 heterocycles. The molecule has 7 heteroatoms. The smallest absolute Gasteiger partial charge is 0.274 e. The van der Waals surface area contributed by atoms with Crippen LogP contribution < -0.4 is 10.9 Å². The lowest BCUT2D eigenvalue weighted by Crippen LogP contribution is -2.33. The van der Waals surface area contributed by atoms with Gasteiger partial charge in [-0.3, -0.25) is 14.4 Å². The summed E-state index contributed by atoms with van der Waals surface area (Å²) in [5.41, 5.74) is 0.365. The van der Waals surface area contributed by atoms with Gasteiger partial charge in [0.05, 0.1) is 17.5 Å². The van der Waals surface area contributed by atoms with Crippen LogP contribution in [-0.4, -0.2) is 47.1 Å². The predicted octanol–water partition coefficient (Wildman–Crippen LogP) is 0.0705. The van der Waals surface area contributed by atoms with Crippen LogP contribution in [0.15, 0.2) is 29.1 Å². The second kappa shape index (κ2) is 7.04. The fourth-order valence-corrected chi connectivity index (χ4v) is 2.30. The van der Waals surface area contributed by atoms with Crippen molar-refractivity contribution in [2.75, 3.05) is 20.6 Å². The quantitative estimate of drug-likeness (QED) is 0.846. The average molecular weight is 316 g/mol. The fourth-order valence-electron chi connectivity index (χ4n) is 2.30. The minimum atomic E-state index is -0.190. The highest BCUT2D eigenvalue weighted by atomic mass is 16.2. The van der Waals surface area contributed by atoms with E-state index in [2.05, 4.69) is 10.4 Å². The summed E-state index contributed by atoms with van der Waals surface area (Å²) >= 11 is 0. The number of amides is 2. The molecule has 0 radical (unpaired) electrons. The molecule has 23 heavy (non-hydrogen) atoms. The van der Waals surface area contributed by atoms with Crippen LogP contribution in [0.1, 0.15) is 12.1 Å². The summed E-state index contributed by atoms with van der Waals surface area (Å²) in [6, 6.07) is 7.11. The highest BCUT2D eigenvalue weighted by Gasteiger charge is 2.15. The van der Waals surface area contributed by atoms with E-state index >= 15 is 0 Å². The van der Waals surface area contributed by atoms with Crippen LogP contribution in [0.5, 0.6) is 0 Å². The fraction of sp³-hybridized carbons (Fsp3) is 0.375. The van der Waals surface area contributed by atoms with E-state index in [-0.39, 0.29) is 30.2 Å². The topological polar surface area (TPSA) is 84.3 Å². The molecule has 122 valence electrons. The Morgan fingerprint density at radius 3 is 2.57 bits per heavy atom. The predicted molar refractivity (Wildman–Crippen MR) is 87.0 cm³/mol. The van der Waals surface area contributed by atoms with Crippen LogP contribution in [0.3, 0.4) is 0 Å². The van der Waals surface area contributed by atoms with Crippen molar-refractivity contribution in [3.8, 4) is 0 Å². The van der Waals surface area contributed by atoms with Crippen LogP contribution in [0.2, 0.25) is 0 Å². The van der Waals surface area contributed by atoms with Crippen LogP contribution in [0, 0.1) is 0 Å². The SMILES string of the molecule is CNC(=O)CCN(C)C(=O)Cc1nn(C)c(=O)c2ccccc12. The van der Waals surface area contributed by atoms with Crippen LogP contribution in [0.4, 0.5) is 0 Å². The van der Waals surface area contributed by atoms with Gasteiger partial charge in [0.25, 0.3) is 5.56 Å². The largest absolute Gasteiger partial charge is 0.359 e. The Morgan fingerprint density at radius 1 is 1.26 bits per heavy atom. The maximum Gasteiger partial charge on any atom is 0.274 e. The third-order valence-electron chi connectivity index (χ3n) is 3.73. The molecule has 1 aromatic heterocycles. The van der Waals surface area contributed by atoms with Gasteiger partial charge in [0.2, 0.25) is 11.8 Å². The minimum Gasteiger partial charge on any atom is -0.359 e. The summed E-state index contributed by atoms with van der Waals surface area (Å²) in [4.78, 5) is 37.1. The Hall–Kier alpha value is -2.70. The molecule has 0 fully saturated rings. The number of hydrogen-bond donors (Lipinski definition) is 1. The van der Waals surface area contributed by atoms with Gasteiger partial charge in [-0.15, -0.1) is 0 Å². The Bertz CT molecular complexity index is 798. The number of nitrogens with zero attached hydrogens (tertiary/aromatic N) is 3. The standard InChI is InChI=1S/C16H20N4O3/c1-17-14(21)8-9-19(2)15(22)10-13-11-6-4-5-7-12(11)16(23)20(3)18-13/h4-7H,8-10H2,1-3H3,(H,17,21). The van der Waals surface area contributed by atoms with Gasteiger partial charge in [-0.1, -0.05) is 18.2 Å². The lowest BCUT2D eigenvalue weighted by atomic mass is 10.1. The Labute approximate surface area is 133 Å². The van der Waals surface area contributed by atoms with Gasteiger partial charge >= 0.3 is 0 Å². The number of rotatable bonds is 5. The zero-order valence-electron chi connectivity index (χ0n) is 13.5. The molecule has 0 unspecified atom stereocenters. The normalized spacial score (nSPS) is 10.6. The van der Waals surface area contributed by atoms with E-state index in [0.29, 0.717) is 23.0 Å². The lowest BCUT2D eigenvalue weighted by molar-refractivity contribution is -0.129. The van der Waals surface area contributed by atoms with Crippen LogP contribution in [-0.2, 0) is 23.1 Å². The van der Waals surface area contributed by atoms with Gasteiger partial charge in [-0.05, 0) is 6.07 Å². The monoisotopic (exact) mass is 316 g/mol. The van der Waals surface area contributed by atoms with Crippen molar-refractivity contribution in [1.82, 2.24) is 20.0 Å². The first kappa shape index (κ1) is 16.7. The molecule has 2 rings (SSSR count). The van der Waals surface area contributed by atoms with Crippen molar-refractivity contribution >= 4 is 22.6 Å². The van der Waals surface area contributed by atoms with Gasteiger partial charge < -0.3 is 10.2 Å². The molecule has 0 saturated carbocycles. The van der Waals surface area contributed by atoms with Gasteiger partial charge in [0.1, 0.15) is 0 Å². The molecular formula is C16H20N4O3. The van der Waals surface area contributed by atoms with Gasteiger partial charge in [-0.2, -0.15) is 5.10 Å². The van der Waals surface area contributed by atoms with Crippen molar-refractivity contribution in [3.05, 3.63) is 40.3 Å². The first-order valence-corrected chi connectivity index (χ1v) is 7.33. The highest BCUT2D eigenvalue weighted by molar-refractivity contribution is 5.88. The molecule has 7 nitrogen and oxygen atoms in total. The first-order chi connectivity index (χ1) is 10.9. The molecule has 0 saturated heterocycles. The number of hydrogen-bond acceptors (Lipinski definition) is 4. The number of carbonyl (C=O) groups excluding carboxylic acids is 2. The lowest BCUT2D eigenvalue weighted by Gasteiger charge is -2.17. The third kappa shape index (κ3) is 3.74. The maximum atomic E-state index is 12.3. The van der Waals surface area contributed by atoms with Gasteiger partial charge in [0.15, 0.2) is 0 Å². The average Bonchev–Trinajstić information content (AvgIpc) is 2.56. The number of nitrogens with one attached hydrogen (secondary N) is 1. The Morgan fingerprint density at radius 2 is 1.91 bits per heavy atom. The molecule has 1 N–H and O–H groups in total. The molecule has 0 aliphatic carbocycles. The van der Waals surface area contributed by atoms with Crippen molar-refractivity contribution in [2.45, 2.75) is 12.8 Å². The zero-order chi connectivity index (χ0) is 17.0. The molecule has 0 atom stereocenters. The number of aryl methyl sites for hydroxylation is 1. The van der Waals surface area contributed by atoms with Crippen molar-refractivity contribution < 1.29 is 9.59 Å². The second-order valence-electron chi connectivity index (χ2n) is 5.34. The zero-order valence-corrected chi connectivity index (χ0v) is 13.5. The summed E-state index contributed by atoms with van der Waals surface area (Å²) in [6.07, 6.45) is 0.332. The summed E-state index contributed by atoms with van der Waals surface area (Å²) < 4.78 is 1.25. The molecule has 2 amide bonds. The molecule has 0 bridgehead atoms. The molecule has 1 aromatic carbocycles. The van der Waals surface area contributed by atoms with Crippen molar-refractivity contribution in [2.24, 2.45) is 7.05 Å². The number of likely N-dealkylation sites (N-methyl/N-ethyl adjacent to an activating group) is 1. The van der Waals surface area contributed by atoms with E-state index < -0.39 is 0 Å². The van der Waals surface area contributed by atoms with Crippen LogP contribution >= 0.6 is 0 Å². The number of aromatic nitrogens is 2. The number of fused-ring (bicyclic) bond motifs is 1. The highest BCUT2D eigenvalue weighted by Crippen LogP contribution is 2.14. The maximum absolute atomic E-state index is 12.3. The van der Waals surface area contributed by atoms with E-state index in [1.54, 1.807) is 39.3 Å². The third-order valence-corrected chi connectivity index (χ3v) is 3.73. The van der Waals surface area contributed by atoms with E-state index in [4.69, 9.17) is 0 Å². The van der Waals surface area contributed by atoms with E-state index in [1.807, 2.05) is 6.07 Å². The summed E-state index contributed by atoms with van der Waals surface area (Å²) in [6.45, 7) is 0.336. The number of carbonyl (C=O) groups is 2.